The molecule has 0 amide bonds. The largest absolute Gasteiger partial charge is 0.496 e. The van der Waals surface area contributed by atoms with Crippen LogP contribution in [0.3, 0.4) is 0 Å². The first-order valence-electron chi connectivity index (χ1n) is 4.53. The third-order valence-corrected chi connectivity index (χ3v) is 2.18. The van der Waals surface area contributed by atoms with Crippen molar-refractivity contribution >= 4 is 0 Å². The molecule has 0 aliphatic rings. The number of nitrogens with zero attached hydrogens (tertiary/aromatic N) is 2. The molecular weight excluding hydrogens is 195 g/mol. The van der Waals surface area contributed by atoms with Crippen LogP contribution in [0, 0.1) is 5.82 Å². The SMILES string of the molecule is COc1ccc(F)cc1-c1cnn(C)c1. The molecule has 15 heavy (non-hydrogen) atoms. The third kappa shape index (κ3) is 1.83. The molecule has 2 aromatic rings. The summed E-state index contributed by atoms with van der Waals surface area (Å²) >= 11 is 0. The van der Waals surface area contributed by atoms with E-state index in [9.17, 15) is 4.39 Å². The van der Waals surface area contributed by atoms with Crippen molar-refractivity contribution in [2.24, 2.45) is 7.05 Å². The van der Waals surface area contributed by atoms with Crippen molar-refractivity contribution in [3.8, 4) is 16.9 Å². The molecule has 0 saturated heterocycles. The van der Waals surface area contributed by atoms with Gasteiger partial charge in [-0.1, -0.05) is 0 Å². The van der Waals surface area contributed by atoms with Crippen LogP contribution in [0.2, 0.25) is 0 Å². The highest BCUT2D eigenvalue weighted by Gasteiger charge is 2.08. The summed E-state index contributed by atoms with van der Waals surface area (Å²) in [7, 11) is 3.38. The van der Waals surface area contributed by atoms with Crippen LogP contribution in [-0.4, -0.2) is 16.9 Å². The van der Waals surface area contributed by atoms with Gasteiger partial charge in [0.25, 0.3) is 0 Å². The first kappa shape index (κ1) is 9.71. The molecule has 2 rings (SSSR count). The minimum Gasteiger partial charge on any atom is -0.496 e. The molecule has 0 atom stereocenters. The molecule has 0 spiro atoms. The highest BCUT2D eigenvalue weighted by Crippen LogP contribution is 2.29. The van der Waals surface area contributed by atoms with E-state index in [0.29, 0.717) is 11.3 Å². The molecule has 0 N–H and O–H groups in total. The minimum absolute atomic E-state index is 0.283. The molecule has 3 nitrogen and oxygen atoms in total. The summed E-state index contributed by atoms with van der Waals surface area (Å²) in [5.41, 5.74) is 1.56. The zero-order valence-corrected chi connectivity index (χ0v) is 8.57. The molecule has 1 aromatic carbocycles. The van der Waals surface area contributed by atoms with Crippen LogP contribution in [0.4, 0.5) is 4.39 Å². The van der Waals surface area contributed by atoms with Gasteiger partial charge < -0.3 is 4.74 Å². The number of methoxy groups -OCH3 is 1. The first-order valence-corrected chi connectivity index (χ1v) is 4.53. The second-order valence-corrected chi connectivity index (χ2v) is 3.25. The Labute approximate surface area is 87.1 Å². The summed E-state index contributed by atoms with van der Waals surface area (Å²) in [4.78, 5) is 0. The van der Waals surface area contributed by atoms with Gasteiger partial charge in [-0.05, 0) is 18.2 Å². The van der Waals surface area contributed by atoms with Crippen molar-refractivity contribution in [1.29, 1.82) is 0 Å². The number of aryl methyl sites for hydroxylation is 1. The van der Waals surface area contributed by atoms with Gasteiger partial charge in [0.2, 0.25) is 0 Å². The minimum atomic E-state index is -0.283. The van der Waals surface area contributed by atoms with E-state index in [2.05, 4.69) is 5.10 Å². The molecule has 4 heteroatoms. The molecule has 1 aromatic heterocycles. The Bertz CT molecular complexity index is 479. The lowest BCUT2D eigenvalue weighted by Crippen LogP contribution is -1.88. The summed E-state index contributed by atoms with van der Waals surface area (Å²) in [6, 6.07) is 4.42. The Balaban J connectivity index is 2.55. The Morgan fingerprint density at radius 3 is 2.80 bits per heavy atom. The first-order chi connectivity index (χ1) is 7.20. The van der Waals surface area contributed by atoms with E-state index in [1.807, 2.05) is 13.2 Å². The lowest BCUT2D eigenvalue weighted by Gasteiger charge is -2.05. The summed E-state index contributed by atoms with van der Waals surface area (Å²) < 4.78 is 19.9. The van der Waals surface area contributed by atoms with E-state index in [0.717, 1.165) is 5.56 Å². The predicted octanol–water partition coefficient (Wildman–Crippen LogP) is 2.23. The van der Waals surface area contributed by atoms with Gasteiger partial charge in [-0.15, -0.1) is 0 Å². The maximum Gasteiger partial charge on any atom is 0.127 e. The van der Waals surface area contributed by atoms with Crippen LogP contribution in [0.25, 0.3) is 11.1 Å². The van der Waals surface area contributed by atoms with Crippen LogP contribution in [0.1, 0.15) is 0 Å². The maximum atomic E-state index is 13.1. The lowest BCUT2D eigenvalue weighted by molar-refractivity contribution is 0.415. The quantitative estimate of drug-likeness (QED) is 0.753. The molecule has 0 unspecified atom stereocenters. The summed E-state index contributed by atoms with van der Waals surface area (Å²) in [6.45, 7) is 0. The molecule has 0 fully saturated rings. The van der Waals surface area contributed by atoms with E-state index >= 15 is 0 Å². The third-order valence-electron chi connectivity index (χ3n) is 2.18. The van der Waals surface area contributed by atoms with Crippen LogP contribution in [0.5, 0.6) is 5.75 Å². The van der Waals surface area contributed by atoms with E-state index in [4.69, 9.17) is 4.74 Å². The van der Waals surface area contributed by atoms with Crippen LogP contribution in [0.15, 0.2) is 30.6 Å². The number of ether oxygens (including phenoxy) is 1. The molecule has 0 aliphatic heterocycles. The Morgan fingerprint density at radius 1 is 1.40 bits per heavy atom. The van der Waals surface area contributed by atoms with Crippen molar-refractivity contribution in [3.05, 3.63) is 36.4 Å². The van der Waals surface area contributed by atoms with Gasteiger partial charge in [0.15, 0.2) is 0 Å². The smallest absolute Gasteiger partial charge is 0.127 e. The lowest BCUT2D eigenvalue weighted by atomic mass is 10.1. The zero-order chi connectivity index (χ0) is 10.8. The molecule has 0 aliphatic carbocycles. The number of hydrogen-bond acceptors (Lipinski definition) is 2. The predicted molar refractivity (Wildman–Crippen MR) is 55.2 cm³/mol. The number of halogens is 1. The summed E-state index contributed by atoms with van der Waals surface area (Å²) in [5.74, 6) is 0.360. The van der Waals surface area contributed by atoms with Gasteiger partial charge >= 0.3 is 0 Å². The van der Waals surface area contributed by atoms with Crippen molar-refractivity contribution in [1.82, 2.24) is 9.78 Å². The van der Waals surface area contributed by atoms with Crippen LogP contribution < -0.4 is 4.74 Å². The van der Waals surface area contributed by atoms with Gasteiger partial charge in [-0.25, -0.2) is 4.39 Å². The van der Waals surface area contributed by atoms with Crippen LogP contribution >= 0.6 is 0 Å². The highest BCUT2D eigenvalue weighted by atomic mass is 19.1. The zero-order valence-electron chi connectivity index (χ0n) is 8.57. The molecular formula is C11H11FN2O. The Hall–Kier alpha value is -1.84. The van der Waals surface area contributed by atoms with E-state index in [-0.39, 0.29) is 5.82 Å². The van der Waals surface area contributed by atoms with Gasteiger partial charge in [-0.2, -0.15) is 5.10 Å². The van der Waals surface area contributed by atoms with Crippen molar-refractivity contribution in [2.75, 3.05) is 7.11 Å². The average Bonchev–Trinajstić information content (AvgIpc) is 2.65. The average molecular weight is 206 g/mol. The van der Waals surface area contributed by atoms with Gasteiger partial charge in [0.1, 0.15) is 11.6 Å². The fourth-order valence-electron chi connectivity index (χ4n) is 1.47. The fourth-order valence-corrected chi connectivity index (χ4v) is 1.47. The molecule has 1 heterocycles. The number of rotatable bonds is 2. The number of hydrogen-bond donors (Lipinski definition) is 0. The Morgan fingerprint density at radius 2 is 2.20 bits per heavy atom. The van der Waals surface area contributed by atoms with E-state index in [1.54, 1.807) is 24.1 Å². The molecule has 78 valence electrons. The monoisotopic (exact) mass is 206 g/mol. The van der Waals surface area contributed by atoms with E-state index in [1.165, 1.54) is 12.1 Å². The van der Waals surface area contributed by atoms with Gasteiger partial charge in [0, 0.05) is 24.4 Å². The molecule has 0 radical (unpaired) electrons. The Kier molecular flexibility index (Phi) is 2.41. The molecule has 0 saturated carbocycles. The van der Waals surface area contributed by atoms with Gasteiger partial charge in [0.05, 0.1) is 13.3 Å². The molecule has 0 bridgehead atoms. The highest BCUT2D eigenvalue weighted by molar-refractivity contribution is 5.69. The van der Waals surface area contributed by atoms with Crippen molar-refractivity contribution < 1.29 is 9.13 Å². The number of benzene rings is 1. The normalized spacial score (nSPS) is 10.3. The van der Waals surface area contributed by atoms with E-state index < -0.39 is 0 Å². The van der Waals surface area contributed by atoms with Gasteiger partial charge in [-0.3, -0.25) is 4.68 Å². The maximum absolute atomic E-state index is 13.1. The topological polar surface area (TPSA) is 27.1 Å². The summed E-state index contributed by atoms with van der Waals surface area (Å²) in [6.07, 6.45) is 3.49. The summed E-state index contributed by atoms with van der Waals surface area (Å²) in [5, 5.41) is 4.04. The second-order valence-electron chi connectivity index (χ2n) is 3.25. The van der Waals surface area contributed by atoms with Crippen LogP contribution in [-0.2, 0) is 7.05 Å². The van der Waals surface area contributed by atoms with Crippen molar-refractivity contribution in [3.63, 3.8) is 0 Å². The standard InChI is InChI=1S/C11H11FN2O/c1-14-7-8(6-13-14)10-5-9(12)3-4-11(10)15-2/h3-7H,1-2H3. The fraction of sp³-hybridized carbons (Fsp3) is 0.182. The second kappa shape index (κ2) is 3.73. The van der Waals surface area contributed by atoms with Crippen molar-refractivity contribution in [2.45, 2.75) is 0 Å². The number of aromatic nitrogens is 2.